The van der Waals surface area contributed by atoms with E-state index in [1.54, 1.807) is 18.4 Å². The Labute approximate surface area is 187 Å². The van der Waals surface area contributed by atoms with E-state index in [1.165, 1.54) is 30.2 Å². The molecule has 2 heterocycles. The van der Waals surface area contributed by atoms with Gasteiger partial charge in [-0.25, -0.2) is 9.18 Å². The average molecular weight is 445 g/mol. The molecule has 2 aromatic rings. The van der Waals surface area contributed by atoms with Crippen LogP contribution in [0.15, 0.2) is 24.3 Å². The lowest BCUT2D eigenvalue weighted by Gasteiger charge is -2.25. The molecule has 0 spiro atoms. The number of nitrogens with zero attached hydrogens (tertiary/aromatic N) is 2. The van der Waals surface area contributed by atoms with Crippen molar-refractivity contribution >= 4 is 17.7 Å². The van der Waals surface area contributed by atoms with Gasteiger partial charge < -0.3 is 18.9 Å². The molecule has 0 unspecified atom stereocenters. The lowest BCUT2D eigenvalue weighted by Crippen LogP contribution is -2.41. The highest BCUT2D eigenvalue weighted by Crippen LogP contribution is 2.25. The first-order chi connectivity index (χ1) is 15.3. The van der Waals surface area contributed by atoms with Crippen molar-refractivity contribution < 1.29 is 28.2 Å². The van der Waals surface area contributed by atoms with Crippen LogP contribution in [0.25, 0.3) is 0 Å². The van der Waals surface area contributed by atoms with Crippen LogP contribution in [0.1, 0.15) is 62.2 Å². The molecule has 0 saturated carbocycles. The average Bonchev–Trinajstić information content (AvgIpc) is 3.37. The second-order valence-electron chi connectivity index (χ2n) is 7.92. The van der Waals surface area contributed by atoms with Gasteiger partial charge in [-0.15, -0.1) is 0 Å². The molecule has 1 atom stereocenters. The lowest BCUT2D eigenvalue weighted by molar-refractivity contribution is 0.0506. The second kappa shape index (κ2) is 10.1. The van der Waals surface area contributed by atoms with Crippen molar-refractivity contribution in [2.45, 2.75) is 46.3 Å². The molecule has 8 heteroatoms. The van der Waals surface area contributed by atoms with Gasteiger partial charge in [0, 0.05) is 36.5 Å². The molecule has 0 radical (unpaired) electrons. The molecule has 172 valence electrons. The molecule has 3 rings (SSSR count). The summed E-state index contributed by atoms with van der Waals surface area (Å²) in [4.78, 5) is 40.3. The van der Waals surface area contributed by atoms with Crippen molar-refractivity contribution in [1.29, 1.82) is 0 Å². The molecule has 1 aromatic heterocycles. The van der Waals surface area contributed by atoms with Crippen LogP contribution in [-0.4, -0.2) is 60.0 Å². The number of esters is 1. The third-order valence-electron chi connectivity index (χ3n) is 5.88. The van der Waals surface area contributed by atoms with E-state index in [2.05, 4.69) is 0 Å². The maximum Gasteiger partial charge on any atom is 0.354 e. The standard InChI is InChI=1S/C24H29FN2O5/c1-5-27-16(3)21(15(2)22(27)24(30)31-4)20(28)14-26(13-19-10-7-11-32-19)23(29)17-8-6-9-18(25)12-17/h6,8-9,12,19H,5,7,10-11,13-14H2,1-4H3/t19-/m0/s1. The van der Waals surface area contributed by atoms with Gasteiger partial charge >= 0.3 is 5.97 Å². The summed E-state index contributed by atoms with van der Waals surface area (Å²) in [5.74, 6) is -1.76. The van der Waals surface area contributed by atoms with E-state index in [4.69, 9.17) is 9.47 Å². The zero-order valence-electron chi connectivity index (χ0n) is 18.9. The van der Waals surface area contributed by atoms with Crippen molar-refractivity contribution in [2.24, 2.45) is 0 Å². The molecule has 1 aromatic carbocycles. The molecule has 1 fully saturated rings. The largest absolute Gasteiger partial charge is 0.464 e. The molecule has 0 aliphatic carbocycles. The first-order valence-electron chi connectivity index (χ1n) is 10.8. The van der Waals surface area contributed by atoms with Crippen molar-refractivity contribution in [2.75, 3.05) is 26.8 Å². The second-order valence-corrected chi connectivity index (χ2v) is 7.92. The van der Waals surface area contributed by atoms with Gasteiger partial charge in [-0.05, 0) is 57.4 Å². The molecule has 1 aliphatic rings. The van der Waals surface area contributed by atoms with Gasteiger partial charge in [0.2, 0.25) is 0 Å². The SMILES string of the molecule is CCn1c(C)c(C(=O)CN(C[C@@H]2CCCO2)C(=O)c2cccc(F)c2)c(C)c1C(=O)OC. The Bertz CT molecular complexity index is 1020. The van der Waals surface area contributed by atoms with Crippen LogP contribution >= 0.6 is 0 Å². The van der Waals surface area contributed by atoms with E-state index >= 15 is 0 Å². The third kappa shape index (κ3) is 4.75. The summed E-state index contributed by atoms with van der Waals surface area (Å²) in [7, 11) is 1.30. The highest BCUT2D eigenvalue weighted by Gasteiger charge is 2.30. The number of carbonyl (C=O) groups excluding carboxylic acids is 3. The Hall–Kier alpha value is -3.00. The molecular weight excluding hydrogens is 415 g/mol. The minimum absolute atomic E-state index is 0.172. The van der Waals surface area contributed by atoms with E-state index in [-0.39, 0.29) is 30.5 Å². The summed E-state index contributed by atoms with van der Waals surface area (Å²) in [6.45, 7) is 6.49. The number of ether oxygens (including phenoxy) is 2. The molecule has 7 nitrogen and oxygen atoms in total. The smallest absolute Gasteiger partial charge is 0.354 e. The molecule has 1 saturated heterocycles. The molecular formula is C24H29FN2O5. The first kappa shape index (κ1) is 23.7. The number of benzene rings is 1. The van der Waals surface area contributed by atoms with Gasteiger partial charge in [-0.2, -0.15) is 0 Å². The van der Waals surface area contributed by atoms with Crippen molar-refractivity contribution in [3.63, 3.8) is 0 Å². The summed E-state index contributed by atoms with van der Waals surface area (Å²) in [6, 6.07) is 5.42. The number of halogens is 1. The quantitative estimate of drug-likeness (QED) is 0.460. The van der Waals surface area contributed by atoms with Crippen molar-refractivity contribution in [3.8, 4) is 0 Å². The Morgan fingerprint density at radius 3 is 2.62 bits per heavy atom. The fraction of sp³-hybridized carbons (Fsp3) is 0.458. The van der Waals surface area contributed by atoms with Gasteiger partial charge in [0.05, 0.1) is 19.8 Å². The summed E-state index contributed by atoms with van der Waals surface area (Å²) < 4.78 is 26.0. The molecule has 0 bridgehead atoms. The molecule has 1 aliphatic heterocycles. The number of carbonyl (C=O) groups is 3. The van der Waals surface area contributed by atoms with Crippen molar-refractivity contribution in [3.05, 3.63) is 58.2 Å². The van der Waals surface area contributed by atoms with Gasteiger partial charge in [-0.3, -0.25) is 9.59 Å². The van der Waals surface area contributed by atoms with Gasteiger partial charge in [0.1, 0.15) is 11.5 Å². The number of hydrogen-bond acceptors (Lipinski definition) is 5. The van der Waals surface area contributed by atoms with Gasteiger partial charge in [-0.1, -0.05) is 6.07 Å². The maximum atomic E-state index is 13.7. The zero-order valence-corrected chi connectivity index (χ0v) is 18.9. The Balaban J connectivity index is 1.94. The van der Waals surface area contributed by atoms with Crippen LogP contribution in [-0.2, 0) is 16.0 Å². The Morgan fingerprint density at radius 2 is 2.03 bits per heavy atom. The molecule has 0 N–H and O–H groups in total. The van der Waals surface area contributed by atoms with Crippen LogP contribution in [0.3, 0.4) is 0 Å². The van der Waals surface area contributed by atoms with E-state index in [0.29, 0.717) is 35.7 Å². The van der Waals surface area contributed by atoms with E-state index in [1.807, 2.05) is 6.92 Å². The number of aromatic nitrogens is 1. The predicted molar refractivity (Wildman–Crippen MR) is 117 cm³/mol. The number of ketones is 1. The summed E-state index contributed by atoms with van der Waals surface area (Å²) in [6.07, 6.45) is 1.51. The Kier molecular flexibility index (Phi) is 7.45. The summed E-state index contributed by atoms with van der Waals surface area (Å²) in [5.41, 5.74) is 2.07. The lowest BCUT2D eigenvalue weighted by atomic mass is 10.0. The third-order valence-corrected chi connectivity index (χ3v) is 5.88. The monoisotopic (exact) mass is 444 g/mol. The van der Waals surface area contributed by atoms with Crippen LogP contribution in [0.4, 0.5) is 4.39 Å². The zero-order chi connectivity index (χ0) is 23.4. The van der Waals surface area contributed by atoms with Crippen molar-refractivity contribution in [1.82, 2.24) is 9.47 Å². The summed E-state index contributed by atoms with van der Waals surface area (Å²) >= 11 is 0. The van der Waals surface area contributed by atoms with E-state index < -0.39 is 17.7 Å². The Morgan fingerprint density at radius 1 is 1.28 bits per heavy atom. The summed E-state index contributed by atoms with van der Waals surface area (Å²) in [5, 5.41) is 0. The fourth-order valence-electron chi connectivity index (χ4n) is 4.37. The number of amides is 1. The fourth-order valence-corrected chi connectivity index (χ4v) is 4.37. The van der Waals surface area contributed by atoms with Crippen LogP contribution < -0.4 is 0 Å². The van der Waals surface area contributed by atoms with Crippen LogP contribution in [0.5, 0.6) is 0 Å². The van der Waals surface area contributed by atoms with Crippen LogP contribution in [0, 0.1) is 19.7 Å². The minimum Gasteiger partial charge on any atom is -0.464 e. The number of methoxy groups -OCH3 is 1. The highest BCUT2D eigenvalue weighted by molar-refractivity contribution is 6.06. The predicted octanol–water partition coefficient (Wildman–Crippen LogP) is 3.55. The van der Waals surface area contributed by atoms with Gasteiger partial charge in [0.25, 0.3) is 5.91 Å². The first-order valence-corrected chi connectivity index (χ1v) is 10.8. The number of hydrogen-bond donors (Lipinski definition) is 0. The van der Waals surface area contributed by atoms with Gasteiger partial charge in [0.15, 0.2) is 5.78 Å². The number of rotatable bonds is 8. The maximum absolute atomic E-state index is 13.7. The van der Waals surface area contributed by atoms with E-state index in [9.17, 15) is 18.8 Å². The minimum atomic E-state index is -0.520. The molecule has 32 heavy (non-hydrogen) atoms. The van der Waals surface area contributed by atoms with E-state index in [0.717, 1.165) is 18.9 Å². The number of Topliss-reactive ketones (excluding diaryl/α,β-unsaturated/α-hetero) is 1. The highest BCUT2D eigenvalue weighted by atomic mass is 19.1. The molecule has 1 amide bonds. The van der Waals surface area contributed by atoms with Crippen LogP contribution in [0.2, 0.25) is 0 Å². The topological polar surface area (TPSA) is 77.8 Å². The normalized spacial score (nSPS) is 15.6.